The molecule has 2 aromatic carbocycles. The standard InChI is InChI=1S/C22H25N3O4/c1-5-29-19-14-16(8-11-18(19)28-4)22(26)24-20(21-23-12-13-25(21)2)15-6-9-17(27-3)10-7-15/h6-14,20H,5H2,1-4H3,(H,24,26). The molecular weight excluding hydrogens is 370 g/mol. The third-order valence-electron chi connectivity index (χ3n) is 4.57. The summed E-state index contributed by atoms with van der Waals surface area (Å²) in [6.45, 7) is 2.36. The van der Waals surface area contributed by atoms with Gasteiger partial charge in [-0.05, 0) is 42.8 Å². The number of carbonyl (C=O) groups is 1. The molecule has 152 valence electrons. The Morgan fingerprint density at radius 2 is 1.86 bits per heavy atom. The number of hydrogen-bond acceptors (Lipinski definition) is 5. The number of nitrogens with zero attached hydrogens (tertiary/aromatic N) is 2. The zero-order valence-electron chi connectivity index (χ0n) is 17.0. The molecule has 0 aliphatic carbocycles. The van der Waals surface area contributed by atoms with E-state index in [4.69, 9.17) is 14.2 Å². The van der Waals surface area contributed by atoms with Gasteiger partial charge in [0.25, 0.3) is 5.91 Å². The van der Waals surface area contributed by atoms with Crippen LogP contribution in [0.5, 0.6) is 17.2 Å². The van der Waals surface area contributed by atoms with E-state index in [1.807, 2.05) is 49.0 Å². The van der Waals surface area contributed by atoms with E-state index in [9.17, 15) is 4.79 Å². The van der Waals surface area contributed by atoms with Crippen molar-refractivity contribution in [2.45, 2.75) is 13.0 Å². The van der Waals surface area contributed by atoms with E-state index in [0.717, 1.165) is 17.1 Å². The van der Waals surface area contributed by atoms with Crippen LogP contribution in [0.4, 0.5) is 0 Å². The van der Waals surface area contributed by atoms with Gasteiger partial charge in [-0.15, -0.1) is 0 Å². The van der Waals surface area contributed by atoms with Crippen molar-refractivity contribution in [1.82, 2.24) is 14.9 Å². The molecule has 1 heterocycles. The van der Waals surface area contributed by atoms with Crippen LogP contribution in [0.3, 0.4) is 0 Å². The number of amides is 1. The van der Waals surface area contributed by atoms with Crippen LogP contribution in [-0.4, -0.2) is 36.3 Å². The highest BCUT2D eigenvalue weighted by molar-refractivity contribution is 5.95. The van der Waals surface area contributed by atoms with Gasteiger partial charge in [-0.1, -0.05) is 12.1 Å². The monoisotopic (exact) mass is 395 g/mol. The summed E-state index contributed by atoms with van der Waals surface area (Å²) >= 11 is 0. The Morgan fingerprint density at radius 1 is 1.10 bits per heavy atom. The average molecular weight is 395 g/mol. The molecule has 0 bridgehead atoms. The summed E-state index contributed by atoms with van der Waals surface area (Å²) in [6.07, 6.45) is 3.55. The summed E-state index contributed by atoms with van der Waals surface area (Å²) in [5.74, 6) is 2.34. The molecule has 3 rings (SSSR count). The first-order chi connectivity index (χ1) is 14.1. The van der Waals surface area contributed by atoms with Crippen molar-refractivity contribution in [1.29, 1.82) is 0 Å². The molecule has 0 spiro atoms. The molecule has 0 aliphatic heterocycles. The third-order valence-corrected chi connectivity index (χ3v) is 4.57. The molecule has 0 radical (unpaired) electrons. The second-order valence-electron chi connectivity index (χ2n) is 6.37. The van der Waals surface area contributed by atoms with Crippen LogP contribution >= 0.6 is 0 Å². The third kappa shape index (κ3) is 4.51. The molecule has 1 N–H and O–H groups in total. The van der Waals surface area contributed by atoms with Crippen molar-refractivity contribution < 1.29 is 19.0 Å². The summed E-state index contributed by atoms with van der Waals surface area (Å²) in [5, 5.41) is 3.08. The fourth-order valence-electron chi connectivity index (χ4n) is 3.05. The molecule has 1 aromatic heterocycles. The number of aromatic nitrogens is 2. The minimum atomic E-state index is -0.425. The van der Waals surface area contributed by atoms with Gasteiger partial charge < -0.3 is 24.1 Å². The maximum atomic E-state index is 13.0. The predicted molar refractivity (Wildman–Crippen MR) is 110 cm³/mol. The van der Waals surface area contributed by atoms with Gasteiger partial charge in [0.2, 0.25) is 0 Å². The first kappa shape index (κ1) is 20.3. The fourth-order valence-corrected chi connectivity index (χ4v) is 3.05. The molecule has 1 unspecified atom stereocenters. The van der Waals surface area contributed by atoms with Gasteiger partial charge in [0, 0.05) is 25.0 Å². The van der Waals surface area contributed by atoms with Crippen molar-refractivity contribution in [2.75, 3.05) is 20.8 Å². The number of aryl methyl sites for hydroxylation is 1. The second-order valence-corrected chi connectivity index (χ2v) is 6.37. The van der Waals surface area contributed by atoms with Gasteiger partial charge in [-0.3, -0.25) is 4.79 Å². The van der Waals surface area contributed by atoms with Crippen LogP contribution in [0, 0.1) is 0 Å². The van der Waals surface area contributed by atoms with Gasteiger partial charge in [0.1, 0.15) is 17.6 Å². The number of hydrogen-bond donors (Lipinski definition) is 1. The quantitative estimate of drug-likeness (QED) is 0.633. The lowest BCUT2D eigenvalue weighted by molar-refractivity contribution is 0.0940. The largest absolute Gasteiger partial charge is 0.497 e. The van der Waals surface area contributed by atoms with Crippen molar-refractivity contribution in [3.63, 3.8) is 0 Å². The van der Waals surface area contributed by atoms with Crippen LogP contribution in [-0.2, 0) is 7.05 Å². The normalized spacial score (nSPS) is 11.6. The van der Waals surface area contributed by atoms with Crippen LogP contribution in [0.2, 0.25) is 0 Å². The summed E-state index contributed by atoms with van der Waals surface area (Å²) in [4.78, 5) is 17.5. The van der Waals surface area contributed by atoms with Gasteiger partial charge in [-0.25, -0.2) is 4.98 Å². The molecule has 0 saturated heterocycles. The zero-order valence-corrected chi connectivity index (χ0v) is 17.0. The molecule has 7 heteroatoms. The van der Waals surface area contributed by atoms with Crippen molar-refractivity contribution in [3.8, 4) is 17.2 Å². The molecule has 1 atom stereocenters. The SMILES string of the molecule is CCOc1cc(C(=O)NC(c2ccc(OC)cc2)c2nccn2C)ccc1OC. The Kier molecular flexibility index (Phi) is 6.39. The van der Waals surface area contributed by atoms with Gasteiger partial charge in [0.05, 0.1) is 20.8 Å². The molecule has 0 aliphatic rings. The van der Waals surface area contributed by atoms with Crippen molar-refractivity contribution in [2.24, 2.45) is 7.05 Å². The minimum Gasteiger partial charge on any atom is -0.497 e. The van der Waals surface area contributed by atoms with E-state index < -0.39 is 6.04 Å². The van der Waals surface area contributed by atoms with E-state index in [1.165, 1.54) is 0 Å². The Hall–Kier alpha value is -3.48. The Labute approximate surface area is 170 Å². The molecule has 7 nitrogen and oxygen atoms in total. The number of carbonyl (C=O) groups excluding carboxylic acids is 1. The topological polar surface area (TPSA) is 74.6 Å². The molecule has 1 amide bonds. The van der Waals surface area contributed by atoms with Gasteiger partial charge in [-0.2, -0.15) is 0 Å². The van der Waals surface area contributed by atoms with Crippen LogP contribution < -0.4 is 19.5 Å². The van der Waals surface area contributed by atoms with E-state index >= 15 is 0 Å². The Balaban J connectivity index is 1.92. The molecule has 29 heavy (non-hydrogen) atoms. The number of rotatable bonds is 8. The second kappa shape index (κ2) is 9.14. The zero-order chi connectivity index (χ0) is 20.8. The maximum Gasteiger partial charge on any atom is 0.252 e. The molecule has 0 fully saturated rings. The number of benzene rings is 2. The summed E-state index contributed by atoms with van der Waals surface area (Å²) < 4.78 is 18.0. The number of imidazole rings is 1. The smallest absolute Gasteiger partial charge is 0.252 e. The summed E-state index contributed by atoms with van der Waals surface area (Å²) in [7, 11) is 5.08. The predicted octanol–water partition coefficient (Wildman–Crippen LogP) is 3.36. The van der Waals surface area contributed by atoms with E-state index in [-0.39, 0.29) is 5.91 Å². The van der Waals surface area contributed by atoms with Crippen molar-refractivity contribution >= 4 is 5.91 Å². The average Bonchev–Trinajstić information content (AvgIpc) is 3.17. The van der Waals surface area contributed by atoms with E-state index in [2.05, 4.69) is 10.3 Å². The number of methoxy groups -OCH3 is 2. The van der Waals surface area contributed by atoms with Gasteiger partial charge in [0.15, 0.2) is 11.5 Å². The molecular formula is C22H25N3O4. The highest BCUT2D eigenvalue weighted by atomic mass is 16.5. The Bertz CT molecular complexity index is 966. The van der Waals surface area contributed by atoms with Gasteiger partial charge >= 0.3 is 0 Å². The highest BCUT2D eigenvalue weighted by Gasteiger charge is 2.22. The van der Waals surface area contributed by atoms with Crippen LogP contribution in [0.15, 0.2) is 54.9 Å². The molecule has 0 saturated carbocycles. The number of nitrogens with one attached hydrogen (secondary N) is 1. The fraction of sp³-hybridized carbons (Fsp3) is 0.273. The molecule has 3 aromatic rings. The lowest BCUT2D eigenvalue weighted by atomic mass is 10.0. The lowest BCUT2D eigenvalue weighted by Gasteiger charge is -2.20. The van der Waals surface area contributed by atoms with E-state index in [1.54, 1.807) is 38.6 Å². The lowest BCUT2D eigenvalue weighted by Crippen LogP contribution is -2.31. The highest BCUT2D eigenvalue weighted by Crippen LogP contribution is 2.29. The van der Waals surface area contributed by atoms with Crippen molar-refractivity contribution in [3.05, 3.63) is 71.8 Å². The first-order valence-corrected chi connectivity index (χ1v) is 9.30. The van der Waals surface area contributed by atoms with Crippen LogP contribution in [0.25, 0.3) is 0 Å². The Morgan fingerprint density at radius 3 is 2.45 bits per heavy atom. The summed E-state index contributed by atoms with van der Waals surface area (Å²) in [6, 6.07) is 12.2. The number of ether oxygens (including phenoxy) is 3. The minimum absolute atomic E-state index is 0.238. The maximum absolute atomic E-state index is 13.0. The van der Waals surface area contributed by atoms with Crippen LogP contribution in [0.1, 0.15) is 34.7 Å². The first-order valence-electron chi connectivity index (χ1n) is 9.30. The van der Waals surface area contributed by atoms with E-state index in [0.29, 0.717) is 23.7 Å². The summed E-state index contributed by atoms with van der Waals surface area (Å²) in [5.41, 5.74) is 1.37.